The maximum Gasteiger partial charge on any atom is 0.433 e. The van der Waals surface area contributed by atoms with Crippen molar-refractivity contribution >= 4 is 29.7 Å². The van der Waals surface area contributed by atoms with Crippen LogP contribution in [0.3, 0.4) is 0 Å². The number of nitrogens with two attached hydrogens (primary N) is 1. The molecule has 1 rings (SSSR count). The summed E-state index contributed by atoms with van der Waals surface area (Å²) in [6.45, 7) is 0. The van der Waals surface area contributed by atoms with Crippen molar-refractivity contribution in [1.29, 1.82) is 0 Å². The molecule has 0 amide bonds. The lowest BCUT2D eigenvalue weighted by Gasteiger charge is -2.05. The number of nitrogens with zero attached hydrogens (tertiary/aromatic N) is 1. The Morgan fingerprint density at radius 1 is 1.38 bits per heavy atom. The highest BCUT2D eigenvalue weighted by Gasteiger charge is 2.32. The molecule has 0 radical (unpaired) electrons. The minimum absolute atomic E-state index is 0. The van der Waals surface area contributed by atoms with E-state index >= 15 is 0 Å². The van der Waals surface area contributed by atoms with Crippen LogP contribution >= 0.6 is 24.0 Å². The van der Waals surface area contributed by atoms with E-state index in [1.165, 1.54) is 0 Å². The van der Waals surface area contributed by atoms with E-state index in [1.807, 2.05) is 0 Å². The Kier molecular flexibility index (Phi) is 3.81. The average Bonchev–Trinajstić information content (AvgIpc) is 1.92. The van der Waals surface area contributed by atoms with Crippen molar-refractivity contribution in [2.75, 3.05) is 5.73 Å². The number of nitrogen functional groups attached to an aromatic ring is 1. The summed E-state index contributed by atoms with van der Waals surface area (Å²) in [5.74, 6) is 0. The molecule has 0 spiro atoms. The number of alkyl halides is 3. The first kappa shape index (κ1) is 12.3. The third-order valence-corrected chi connectivity index (χ3v) is 1.49. The third-order valence-electron chi connectivity index (χ3n) is 1.18. The summed E-state index contributed by atoms with van der Waals surface area (Å²) in [5.41, 5.74) is 3.98. The van der Waals surface area contributed by atoms with Crippen LogP contribution in [0.4, 0.5) is 18.9 Å². The highest BCUT2D eigenvalue weighted by molar-refractivity contribution is 6.32. The maximum atomic E-state index is 11.9. The van der Waals surface area contributed by atoms with E-state index in [9.17, 15) is 13.2 Å². The molecule has 0 saturated carbocycles. The number of halogens is 5. The molecule has 0 fully saturated rings. The third kappa shape index (κ3) is 2.93. The number of aromatic nitrogens is 1. The smallest absolute Gasteiger partial charge is 0.397 e. The fourth-order valence-electron chi connectivity index (χ4n) is 0.609. The molecule has 0 atom stereocenters. The van der Waals surface area contributed by atoms with Gasteiger partial charge >= 0.3 is 6.18 Å². The number of rotatable bonds is 0. The van der Waals surface area contributed by atoms with Gasteiger partial charge in [-0.3, -0.25) is 4.98 Å². The largest absolute Gasteiger partial charge is 0.433 e. The van der Waals surface area contributed by atoms with Gasteiger partial charge in [-0.15, -0.1) is 12.4 Å². The van der Waals surface area contributed by atoms with E-state index in [4.69, 9.17) is 17.3 Å². The molecule has 0 unspecified atom stereocenters. The van der Waals surface area contributed by atoms with Crippen molar-refractivity contribution in [2.24, 2.45) is 0 Å². The van der Waals surface area contributed by atoms with Crippen LogP contribution in [-0.2, 0) is 6.18 Å². The van der Waals surface area contributed by atoms with Gasteiger partial charge < -0.3 is 5.73 Å². The summed E-state index contributed by atoms with van der Waals surface area (Å²) < 4.78 is 35.8. The summed E-state index contributed by atoms with van der Waals surface area (Å²) in [5, 5.41) is 0.0167. The summed E-state index contributed by atoms with van der Waals surface area (Å²) in [7, 11) is 0. The molecule has 2 N–H and O–H groups in total. The van der Waals surface area contributed by atoms with E-state index in [0.29, 0.717) is 6.07 Å². The highest BCUT2D eigenvalue weighted by atomic mass is 35.5. The van der Waals surface area contributed by atoms with Crippen molar-refractivity contribution in [3.05, 3.63) is 23.0 Å². The monoisotopic (exact) mass is 232 g/mol. The van der Waals surface area contributed by atoms with E-state index in [-0.39, 0.29) is 23.1 Å². The lowest BCUT2D eigenvalue weighted by molar-refractivity contribution is -0.141. The van der Waals surface area contributed by atoms with Gasteiger partial charge in [0.25, 0.3) is 0 Å². The lowest BCUT2D eigenvalue weighted by atomic mass is 10.3. The van der Waals surface area contributed by atoms with Crippen molar-refractivity contribution in [3.8, 4) is 0 Å². The van der Waals surface area contributed by atoms with Crippen LogP contribution in [0.2, 0.25) is 5.02 Å². The molecule has 7 heteroatoms. The standard InChI is InChI=1S/C6H4ClF3N2.ClH/c7-3-2-12-5(1-4(3)11)6(8,9)10;/h1-2H,(H2,11,12);1H. The van der Waals surface area contributed by atoms with Crippen LogP contribution in [-0.4, -0.2) is 4.98 Å². The Labute approximate surface area is 83.3 Å². The second-order valence-electron chi connectivity index (χ2n) is 2.09. The second kappa shape index (κ2) is 4.02. The second-order valence-corrected chi connectivity index (χ2v) is 2.50. The first-order chi connectivity index (χ1) is 5.41. The predicted octanol–water partition coefficient (Wildman–Crippen LogP) is 2.76. The molecule has 0 bridgehead atoms. The van der Waals surface area contributed by atoms with Crippen LogP contribution in [0.15, 0.2) is 12.3 Å². The Morgan fingerprint density at radius 3 is 2.31 bits per heavy atom. The SMILES string of the molecule is Cl.Nc1cc(C(F)(F)F)ncc1Cl. The minimum Gasteiger partial charge on any atom is -0.397 e. The molecule has 0 aliphatic carbocycles. The van der Waals surface area contributed by atoms with Gasteiger partial charge in [-0.1, -0.05) is 11.6 Å². The molecule has 0 aromatic carbocycles. The molecular weight excluding hydrogens is 228 g/mol. The van der Waals surface area contributed by atoms with Crippen LogP contribution in [0.25, 0.3) is 0 Å². The number of anilines is 1. The Hall–Kier alpha value is -0.680. The van der Waals surface area contributed by atoms with Gasteiger partial charge in [0.05, 0.1) is 10.7 Å². The normalized spacial score (nSPS) is 10.8. The fraction of sp³-hybridized carbons (Fsp3) is 0.167. The summed E-state index contributed by atoms with van der Waals surface area (Å²) >= 11 is 5.38. The Morgan fingerprint density at radius 2 is 1.92 bits per heavy atom. The van der Waals surface area contributed by atoms with Crippen LogP contribution in [0.5, 0.6) is 0 Å². The van der Waals surface area contributed by atoms with Gasteiger partial charge in [0, 0.05) is 6.20 Å². The maximum absolute atomic E-state index is 11.9. The molecule has 0 saturated heterocycles. The van der Waals surface area contributed by atoms with Gasteiger partial charge in [0.15, 0.2) is 0 Å². The van der Waals surface area contributed by atoms with Crippen molar-refractivity contribution < 1.29 is 13.2 Å². The van der Waals surface area contributed by atoms with Crippen LogP contribution in [0, 0.1) is 0 Å². The highest BCUT2D eigenvalue weighted by Crippen LogP contribution is 2.30. The average molecular weight is 233 g/mol. The minimum atomic E-state index is -4.47. The Balaban J connectivity index is 0.00000144. The molecule has 1 heterocycles. The van der Waals surface area contributed by atoms with Gasteiger partial charge in [-0.25, -0.2) is 0 Å². The number of pyridine rings is 1. The van der Waals surface area contributed by atoms with E-state index in [2.05, 4.69) is 4.98 Å². The van der Waals surface area contributed by atoms with Gasteiger partial charge in [-0.2, -0.15) is 13.2 Å². The molecule has 74 valence electrons. The van der Waals surface area contributed by atoms with Crippen LogP contribution in [0.1, 0.15) is 5.69 Å². The predicted molar refractivity (Wildman–Crippen MR) is 45.9 cm³/mol. The van der Waals surface area contributed by atoms with Gasteiger partial charge in [0.2, 0.25) is 0 Å². The first-order valence-electron chi connectivity index (χ1n) is 2.89. The molecule has 0 aliphatic rings. The van der Waals surface area contributed by atoms with Crippen LogP contribution < -0.4 is 5.73 Å². The zero-order valence-electron chi connectivity index (χ0n) is 6.10. The lowest BCUT2D eigenvalue weighted by Crippen LogP contribution is -2.08. The Bertz CT molecular complexity index is 300. The van der Waals surface area contributed by atoms with E-state index in [1.54, 1.807) is 0 Å². The van der Waals surface area contributed by atoms with E-state index < -0.39 is 11.9 Å². The molecule has 13 heavy (non-hydrogen) atoms. The first-order valence-corrected chi connectivity index (χ1v) is 3.27. The van der Waals surface area contributed by atoms with E-state index in [0.717, 1.165) is 6.20 Å². The van der Waals surface area contributed by atoms with Gasteiger partial charge in [0.1, 0.15) is 5.69 Å². The van der Waals surface area contributed by atoms with Gasteiger partial charge in [-0.05, 0) is 6.07 Å². The summed E-state index contributed by atoms with van der Waals surface area (Å²) in [6.07, 6.45) is -3.60. The zero-order chi connectivity index (χ0) is 9.35. The molecular formula is C6H5Cl2F3N2. The number of hydrogen-bond acceptors (Lipinski definition) is 2. The fourth-order valence-corrected chi connectivity index (χ4v) is 0.713. The number of hydrogen-bond donors (Lipinski definition) is 1. The van der Waals surface area contributed by atoms with Crippen molar-refractivity contribution in [1.82, 2.24) is 4.98 Å². The molecule has 0 aliphatic heterocycles. The summed E-state index contributed by atoms with van der Waals surface area (Å²) in [4.78, 5) is 3.07. The quantitative estimate of drug-likeness (QED) is 0.748. The van der Waals surface area contributed by atoms with Crippen molar-refractivity contribution in [2.45, 2.75) is 6.18 Å². The molecule has 2 nitrogen and oxygen atoms in total. The zero-order valence-corrected chi connectivity index (χ0v) is 7.67. The molecule has 1 aromatic heterocycles. The topological polar surface area (TPSA) is 38.9 Å². The summed E-state index contributed by atoms with van der Waals surface area (Å²) in [6, 6.07) is 0.697. The van der Waals surface area contributed by atoms with Crippen molar-refractivity contribution in [3.63, 3.8) is 0 Å². The molecule has 1 aromatic rings.